The van der Waals surface area contributed by atoms with E-state index in [4.69, 9.17) is 0 Å². The third kappa shape index (κ3) is 5.14. The van der Waals surface area contributed by atoms with Crippen molar-refractivity contribution in [3.05, 3.63) is 182 Å². The molecule has 0 aliphatic heterocycles. The zero-order valence-corrected chi connectivity index (χ0v) is 25.4. The molecule has 0 bridgehead atoms. The molecule has 0 aliphatic rings. The summed E-state index contributed by atoms with van der Waals surface area (Å²) in [4.78, 5) is 5.94. The van der Waals surface area contributed by atoms with E-state index in [1.165, 1.54) is 31.3 Å². The number of nitrogens with zero attached hydrogens (tertiary/aromatic N) is 2. The molecule has 0 N–H and O–H groups in total. The minimum atomic E-state index is 1.14. The molecule has 0 spiro atoms. The van der Waals surface area contributed by atoms with Gasteiger partial charge in [-0.1, -0.05) is 109 Å². The third-order valence-corrected chi connectivity index (χ3v) is 9.36. The normalized spacial score (nSPS) is 11.1. The fourth-order valence-electron chi connectivity index (χ4n) is 6.17. The molecule has 3 heteroatoms. The lowest BCUT2D eigenvalue weighted by molar-refractivity contribution is 1.29. The summed E-state index contributed by atoms with van der Waals surface area (Å²) in [6.07, 6.45) is 0. The summed E-state index contributed by atoms with van der Waals surface area (Å²) in [6, 6.07) is 64.9. The highest BCUT2D eigenvalue weighted by Crippen LogP contribution is 2.45. The fraction of sp³-hybridized carbons (Fsp3) is 0. The molecule has 0 aliphatic carbocycles. The van der Waals surface area contributed by atoms with Gasteiger partial charge in [-0.3, -0.25) is 0 Å². The van der Waals surface area contributed by atoms with E-state index < -0.39 is 0 Å². The molecule has 0 radical (unpaired) electrons. The van der Waals surface area contributed by atoms with Crippen LogP contribution in [0, 0.1) is 0 Å². The SMILES string of the molecule is c1ccc(N(c2ccccc2)c2ccc3cc(-c4ccc(N(c5ccccc5)c5ccccc5)c5ccccc45)sc3c2)cc1. The van der Waals surface area contributed by atoms with Crippen molar-refractivity contribution in [1.29, 1.82) is 0 Å². The molecular weight excluding hydrogens is 565 g/mol. The van der Waals surface area contributed by atoms with E-state index in [9.17, 15) is 0 Å². The highest BCUT2D eigenvalue weighted by atomic mass is 32.1. The van der Waals surface area contributed by atoms with Gasteiger partial charge in [0.05, 0.1) is 5.69 Å². The average molecular weight is 595 g/mol. The van der Waals surface area contributed by atoms with Crippen LogP contribution in [0.4, 0.5) is 34.1 Å². The maximum Gasteiger partial charge on any atom is 0.0540 e. The Morgan fingerprint density at radius 1 is 0.356 bits per heavy atom. The lowest BCUT2D eigenvalue weighted by Gasteiger charge is -2.27. The average Bonchev–Trinajstić information content (AvgIpc) is 3.54. The molecule has 7 aromatic carbocycles. The standard InChI is InChI=1S/C42H30N2S/c1-5-15-32(16-6-1)43(33-17-7-2-8-18-33)36-26-25-31-29-42(45-41(31)30-36)39-27-28-40(38-24-14-13-23-37(38)39)44(34-19-9-3-10-20-34)35-21-11-4-12-22-35/h1-30H. The summed E-state index contributed by atoms with van der Waals surface area (Å²) in [5, 5.41) is 3.72. The van der Waals surface area contributed by atoms with Gasteiger partial charge in [0, 0.05) is 43.4 Å². The van der Waals surface area contributed by atoms with E-state index in [0.717, 1.165) is 34.1 Å². The number of hydrogen-bond acceptors (Lipinski definition) is 3. The number of rotatable bonds is 7. The Kier molecular flexibility index (Phi) is 7.07. The van der Waals surface area contributed by atoms with Gasteiger partial charge in [0.2, 0.25) is 0 Å². The number of thiophene rings is 1. The van der Waals surface area contributed by atoms with E-state index in [-0.39, 0.29) is 0 Å². The Hall–Kier alpha value is -5.64. The Bertz CT molecular complexity index is 2130. The second-order valence-electron chi connectivity index (χ2n) is 11.0. The van der Waals surface area contributed by atoms with Crippen LogP contribution >= 0.6 is 11.3 Å². The minimum Gasteiger partial charge on any atom is -0.310 e. The van der Waals surface area contributed by atoms with Gasteiger partial charge in [-0.15, -0.1) is 11.3 Å². The smallest absolute Gasteiger partial charge is 0.0540 e. The van der Waals surface area contributed by atoms with Crippen LogP contribution in [0.1, 0.15) is 0 Å². The fourth-order valence-corrected chi connectivity index (χ4v) is 7.30. The van der Waals surface area contributed by atoms with E-state index in [1.54, 1.807) is 0 Å². The molecule has 0 unspecified atom stereocenters. The number of anilines is 6. The van der Waals surface area contributed by atoms with Crippen LogP contribution in [0.5, 0.6) is 0 Å². The van der Waals surface area contributed by atoms with Crippen LogP contribution in [0.2, 0.25) is 0 Å². The molecule has 8 aromatic rings. The van der Waals surface area contributed by atoms with Crippen LogP contribution in [0.15, 0.2) is 182 Å². The largest absolute Gasteiger partial charge is 0.310 e. The van der Waals surface area contributed by atoms with E-state index in [0.29, 0.717) is 0 Å². The minimum absolute atomic E-state index is 1.14. The molecule has 0 amide bonds. The van der Waals surface area contributed by atoms with Crippen molar-refractivity contribution in [1.82, 2.24) is 0 Å². The maximum atomic E-state index is 2.35. The molecule has 2 nitrogen and oxygen atoms in total. The summed E-state index contributed by atoms with van der Waals surface area (Å²) in [5.74, 6) is 0. The van der Waals surface area contributed by atoms with Crippen molar-refractivity contribution in [3.8, 4) is 10.4 Å². The Morgan fingerprint density at radius 3 is 1.40 bits per heavy atom. The summed E-state index contributed by atoms with van der Waals surface area (Å²) < 4.78 is 1.27. The molecule has 0 fully saturated rings. The first-order valence-corrected chi connectivity index (χ1v) is 16.0. The van der Waals surface area contributed by atoms with Crippen LogP contribution in [-0.2, 0) is 0 Å². The molecule has 8 rings (SSSR count). The van der Waals surface area contributed by atoms with Crippen molar-refractivity contribution in [3.63, 3.8) is 0 Å². The highest BCUT2D eigenvalue weighted by molar-refractivity contribution is 7.22. The predicted octanol–water partition coefficient (Wildman–Crippen LogP) is 12.7. The summed E-state index contributed by atoms with van der Waals surface area (Å²) in [6.45, 7) is 0. The number of para-hydroxylation sites is 4. The van der Waals surface area contributed by atoms with Gasteiger partial charge in [-0.05, 0) is 89.1 Å². The van der Waals surface area contributed by atoms with E-state index in [2.05, 4.69) is 192 Å². The molecule has 0 atom stereocenters. The quantitative estimate of drug-likeness (QED) is 0.181. The molecule has 214 valence electrons. The molecular formula is C42H30N2S. The summed E-state index contributed by atoms with van der Waals surface area (Å²) in [5.41, 5.74) is 8.12. The van der Waals surface area contributed by atoms with Crippen molar-refractivity contribution in [2.24, 2.45) is 0 Å². The van der Waals surface area contributed by atoms with Gasteiger partial charge in [-0.25, -0.2) is 0 Å². The summed E-state index contributed by atoms with van der Waals surface area (Å²) in [7, 11) is 0. The number of hydrogen-bond donors (Lipinski definition) is 0. The van der Waals surface area contributed by atoms with Crippen LogP contribution in [-0.4, -0.2) is 0 Å². The van der Waals surface area contributed by atoms with Crippen LogP contribution in [0.3, 0.4) is 0 Å². The highest BCUT2D eigenvalue weighted by Gasteiger charge is 2.18. The second kappa shape index (κ2) is 11.8. The van der Waals surface area contributed by atoms with Gasteiger partial charge >= 0.3 is 0 Å². The Balaban J connectivity index is 1.25. The van der Waals surface area contributed by atoms with Crippen molar-refractivity contribution >= 4 is 66.3 Å². The van der Waals surface area contributed by atoms with Crippen LogP contribution < -0.4 is 9.80 Å². The topological polar surface area (TPSA) is 6.48 Å². The first-order valence-electron chi connectivity index (χ1n) is 15.2. The summed E-state index contributed by atoms with van der Waals surface area (Å²) >= 11 is 1.85. The van der Waals surface area contributed by atoms with Crippen molar-refractivity contribution in [2.75, 3.05) is 9.80 Å². The van der Waals surface area contributed by atoms with Gasteiger partial charge in [-0.2, -0.15) is 0 Å². The second-order valence-corrected chi connectivity index (χ2v) is 12.1. The molecule has 0 saturated carbocycles. The molecule has 1 heterocycles. The van der Waals surface area contributed by atoms with Crippen molar-refractivity contribution < 1.29 is 0 Å². The monoisotopic (exact) mass is 594 g/mol. The zero-order chi connectivity index (χ0) is 30.0. The first-order chi connectivity index (χ1) is 22.3. The van der Waals surface area contributed by atoms with Crippen molar-refractivity contribution in [2.45, 2.75) is 0 Å². The van der Waals surface area contributed by atoms with Gasteiger partial charge in [0.15, 0.2) is 0 Å². The predicted molar refractivity (Wildman–Crippen MR) is 194 cm³/mol. The lowest BCUT2D eigenvalue weighted by Crippen LogP contribution is -2.10. The first kappa shape index (κ1) is 26.9. The Labute approximate surface area is 267 Å². The molecule has 0 saturated heterocycles. The van der Waals surface area contributed by atoms with Crippen LogP contribution in [0.25, 0.3) is 31.3 Å². The number of fused-ring (bicyclic) bond motifs is 2. The maximum absolute atomic E-state index is 2.35. The van der Waals surface area contributed by atoms with Gasteiger partial charge in [0.1, 0.15) is 0 Å². The molecule has 45 heavy (non-hydrogen) atoms. The van der Waals surface area contributed by atoms with E-state index in [1.807, 2.05) is 11.3 Å². The lowest BCUT2D eigenvalue weighted by atomic mass is 10.00. The molecule has 1 aromatic heterocycles. The van der Waals surface area contributed by atoms with E-state index >= 15 is 0 Å². The zero-order valence-electron chi connectivity index (χ0n) is 24.6. The Morgan fingerprint density at radius 2 is 0.844 bits per heavy atom. The van der Waals surface area contributed by atoms with Gasteiger partial charge < -0.3 is 9.80 Å². The third-order valence-electron chi connectivity index (χ3n) is 8.23. The van der Waals surface area contributed by atoms with Gasteiger partial charge in [0.25, 0.3) is 0 Å². The number of benzene rings is 7.